The number of carbonyl (C=O) groups is 1. The van der Waals surface area contributed by atoms with E-state index >= 15 is 0 Å². The Labute approximate surface area is 93.5 Å². The lowest BCUT2D eigenvalue weighted by molar-refractivity contribution is -0.116. The SMILES string of the molecule is CCc1nnc(NC(=O)CCN(C)C)s1. The van der Waals surface area contributed by atoms with E-state index in [2.05, 4.69) is 15.5 Å². The molecule has 1 heterocycles. The molecule has 0 bridgehead atoms. The van der Waals surface area contributed by atoms with Gasteiger partial charge in [0.1, 0.15) is 5.01 Å². The minimum atomic E-state index is -0.0116. The molecule has 0 aliphatic heterocycles. The second-order valence-corrected chi connectivity index (χ2v) is 4.52. The predicted octanol–water partition coefficient (Wildman–Crippen LogP) is 0.991. The van der Waals surface area contributed by atoms with Gasteiger partial charge in [0.05, 0.1) is 0 Å². The number of amides is 1. The van der Waals surface area contributed by atoms with Crippen molar-refractivity contribution in [1.29, 1.82) is 0 Å². The molecule has 1 rings (SSSR count). The van der Waals surface area contributed by atoms with Gasteiger partial charge in [-0.25, -0.2) is 0 Å². The first-order chi connectivity index (χ1) is 7.11. The number of rotatable bonds is 5. The summed E-state index contributed by atoms with van der Waals surface area (Å²) in [5, 5.41) is 12.1. The van der Waals surface area contributed by atoms with Crippen LogP contribution in [0.2, 0.25) is 0 Å². The predicted molar refractivity (Wildman–Crippen MR) is 61.1 cm³/mol. The van der Waals surface area contributed by atoms with Crippen molar-refractivity contribution in [2.24, 2.45) is 0 Å². The highest BCUT2D eigenvalue weighted by Crippen LogP contribution is 2.15. The lowest BCUT2D eigenvalue weighted by Crippen LogP contribution is -2.20. The Morgan fingerprint density at radius 3 is 2.73 bits per heavy atom. The summed E-state index contributed by atoms with van der Waals surface area (Å²) in [7, 11) is 3.88. The van der Waals surface area contributed by atoms with Crippen molar-refractivity contribution in [3.8, 4) is 0 Å². The third-order valence-electron chi connectivity index (χ3n) is 1.80. The molecule has 5 nitrogen and oxygen atoms in total. The Morgan fingerprint density at radius 2 is 2.20 bits per heavy atom. The molecular weight excluding hydrogens is 212 g/mol. The van der Waals surface area contributed by atoms with Gasteiger partial charge < -0.3 is 10.2 Å². The molecule has 0 saturated carbocycles. The smallest absolute Gasteiger partial charge is 0.227 e. The summed E-state index contributed by atoms with van der Waals surface area (Å²) in [4.78, 5) is 13.4. The van der Waals surface area contributed by atoms with Crippen LogP contribution in [0.3, 0.4) is 0 Å². The first-order valence-electron chi connectivity index (χ1n) is 4.88. The first-order valence-corrected chi connectivity index (χ1v) is 5.70. The van der Waals surface area contributed by atoms with E-state index in [-0.39, 0.29) is 5.91 Å². The molecule has 15 heavy (non-hydrogen) atoms. The molecular formula is C9H16N4OS. The van der Waals surface area contributed by atoms with Crippen molar-refractivity contribution in [3.05, 3.63) is 5.01 Å². The lowest BCUT2D eigenvalue weighted by Gasteiger charge is -2.07. The molecule has 0 atom stereocenters. The number of aromatic nitrogens is 2. The molecule has 0 unspecified atom stereocenters. The zero-order valence-corrected chi connectivity index (χ0v) is 10.1. The third-order valence-corrected chi connectivity index (χ3v) is 2.78. The lowest BCUT2D eigenvalue weighted by atomic mass is 10.4. The molecule has 0 aliphatic carbocycles. The van der Waals surface area contributed by atoms with Crippen LogP contribution in [0, 0.1) is 0 Å². The van der Waals surface area contributed by atoms with Crippen LogP contribution in [0.4, 0.5) is 5.13 Å². The molecule has 0 aromatic carbocycles. The second kappa shape index (κ2) is 5.77. The zero-order valence-electron chi connectivity index (χ0n) is 9.28. The molecule has 0 saturated heterocycles. The van der Waals surface area contributed by atoms with Crippen LogP contribution in [-0.4, -0.2) is 41.6 Å². The molecule has 1 N–H and O–H groups in total. The summed E-state index contributed by atoms with van der Waals surface area (Å²) in [5.41, 5.74) is 0. The van der Waals surface area contributed by atoms with Crippen molar-refractivity contribution in [2.75, 3.05) is 26.0 Å². The van der Waals surface area contributed by atoms with E-state index in [0.717, 1.165) is 18.0 Å². The molecule has 0 aliphatic rings. The van der Waals surface area contributed by atoms with E-state index in [0.29, 0.717) is 11.6 Å². The van der Waals surface area contributed by atoms with E-state index in [1.54, 1.807) is 0 Å². The minimum Gasteiger partial charge on any atom is -0.309 e. The number of nitrogens with zero attached hydrogens (tertiary/aromatic N) is 3. The van der Waals surface area contributed by atoms with Crippen molar-refractivity contribution >= 4 is 22.4 Å². The average molecular weight is 228 g/mol. The zero-order chi connectivity index (χ0) is 11.3. The highest BCUT2D eigenvalue weighted by molar-refractivity contribution is 7.15. The summed E-state index contributed by atoms with van der Waals surface area (Å²) < 4.78 is 0. The highest BCUT2D eigenvalue weighted by Gasteiger charge is 2.07. The van der Waals surface area contributed by atoms with Crippen molar-refractivity contribution in [1.82, 2.24) is 15.1 Å². The number of anilines is 1. The van der Waals surface area contributed by atoms with Crippen molar-refractivity contribution < 1.29 is 4.79 Å². The van der Waals surface area contributed by atoms with Crippen LogP contribution in [-0.2, 0) is 11.2 Å². The maximum Gasteiger partial charge on any atom is 0.227 e. The fourth-order valence-corrected chi connectivity index (χ4v) is 1.65. The van der Waals surface area contributed by atoms with Crippen molar-refractivity contribution in [3.63, 3.8) is 0 Å². The highest BCUT2D eigenvalue weighted by atomic mass is 32.1. The van der Waals surface area contributed by atoms with Gasteiger partial charge in [-0.15, -0.1) is 10.2 Å². The summed E-state index contributed by atoms with van der Waals surface area (Å²) in [6.45, 7) is 2.75. The third kappa shape index (κ3) is 4.35. The van der Waals surface area contributed by atoms with Crippen LogP contribution in [0.5, 0.6) is 0 Å². The number of hydrogen-bond acceptors (Lipinski definition) is 5. The van der Waals surface area contributed by atoms with Crippen LogP contribution in [0.15, 0.2) is 0 Å². The molecule has 84 valence electrons. The standard InChI is InChI=1S/C9H16N4OS/c1-4-8-11-12-9(15-8)10-7(14)5-6-13(2)3/h4-6H2,1-3H3,(H,10,12,14). The molecule has 1 amide bonds. The van der Waals surface area contributed by atoms with Crippen LogP contribution in [0.25, 0.3) is 0 Å². The maximum atomic E-state index is 11.4. The van der Waals surface area contributed by atoms with Gasteiger partial charge >= 0.3 is 0 Å². The summed E-state index contributed by atoms with van der Waals surface area (Å²) in [6.07, 6.45) is 1.33. The van der Waals surface area contributed by atoms with Crippen LogP contribution in [0.1, 0.15) is 18.4 Å². The number of nitrogens with one attached hydrogen (secondary N) is 1. The Bertz CT molecular complexity index is 324. The van der Waals surface area contributed by atoms with Gasteiger partial charge in [-0.1, -0.05) is 18.3 Å². The molecule has 1 aromatic heterocycles. The fraction of sp³-hybridized carbons (Fsp3) is 0.667. The Morgan fingerprint density at radius 1 is 1.47 bits per heavy atom. The largest absolute Gasteiger partial charge is 0.309 e. The van der Waals surface area contributed by atoms with Crippen molar-refractivity contribution in [2.45, 2.75) is 19.8 Å². The minimum absolute atomic E-state index is 0.0116. The number of carbonyl (C=O) groups excluding carboxylic acids is 1. The summed E-state index contributed by atoms with van der Waals surface area (Å²) in [6, 6.07) is 0. The Kier molecular flexibility index (Phi) is 4.64. The topological polar surface area (TPSA) is 58.1 Å². The maximum absolute atomic E-state index is 11.4. The second-order valence-electron chi connectivity index (χ2n) is 3.46. The average Bonchev–Trinajstić information content (AvgIpc) is 2.62. The summed E-state index contributed by atoms with van der Waals surface area (Å²) >= 11 is 1.43. The van der Waals surface area contributed by atoms with Gasteiger partial charge in [-0.3, -0.25) is 4.79 Å². The van der Waals surface area contributed by atoms with E-state index < -0.39 is 0 Å². The van der Waals surface area contributed by atoms with E-state index in [4.69, 9.17) is 0 Å². The van der Waals surface area contributed by atoms with Crippen LogP contribution < -0.4 is 5.32 Å². The summed E-state index contributed by atoms with van der Waals surface area (Å²) in [5.74, 6) is -0.0116. The number of hydrogen-bond donors (Lipinski definition) is 1. The van der Waals surface area contributed by atoms with E-state index in [9.17, 15) is 4.79 Å². The molecule has 6 heteroatoms. The van der Waals surface area contributed by atoms with E-state index in [1.165, 1.54) is 11.3 Å². The molecule has 0 spiro atoms. The van der Waals surface area contributed by atoms with Gasteiger partial charge in [0.2, 0.25) is 11.0 Å². The monoisotopic (exact) mass is 228 g/mol. The first kappa shape index (κ1) is 12.1. The van der Waals surface area contributed by atoms with Gasteiger partial charge in [-0.2, -0.15) is 0 Å². The molecule has 1 aromatic rings. The quantitative estimate of drug-likeness (QED) is 0.816. The van der Waals surface area contributed by atoms with Gasteiger partial charge in [0.25, 0.3) is 0 Å². The molecule has 0 fully saturated rings. The van der Waals surface area contributed by atoms with E-state index in [1.807, 2.05) is 25.9 Å². The van der Waals surface area contributed by atoms with Gasteiger partial charge in [0.15, 0.2) is 0 Å². The Balaban J connectivity index is 2.37. The Hall–Kier alpha value is -1.01. The van der Waals surface area contributed by atoms with Gasteiger partial charge in [-0.05, 0) is 20.5 Å². The fourth-order valence-electron chi connectivity index (χ4n) is 0.954. The van der Waals surface area contributed by atoms with Gasteiger partial charge in [0, 0.05) is 13.0 Å². The number of aryl methyl sites for hydroxylation is 1. The molecule has 0 radical (unpaired) electrons. The van der Waals surface area contributed by atoms with Crippen LogP contribution >= 0.6 is 11.3 Å². The normalized spacial score (nSPS) is 10.7.